The molecule has 0 fully saturated rings. The third kappa shape index (κ3) is 4.32. The van der Waals surface area contributed by atoms with Gasteiger partial charge in [0.05, 0.1) is 12.8 Å². The smallest absolute Gasteiger partial charge is 0.387 e. The molecule has 2 aromatic carbocycles. The lowest BCUT2D eigenvalue weighted by Crippen LogP contribution is -2.07. The van der Waals surface area contributed by atoms with Gasteiger partial charge in [0.1, 0.15) is 11.5 Å². The van der Waals surface area contributed by atoms with Crippen LogP contribution in [0.2, 0.25) is 0 Å². The van der Waals surface area contributed by atoms with Gasteiger partial charge in [0, 0.05) is 17.1 Å². The number of hydrogen-bond acceptors (Lipinski definition) is 3. The minimum absolute atomic E-state index is 0.0813. The summed E-state index contributed by atoms with van der Waals surface area (Å²) in [6.45, 7) is -2.41. The third-order valence-electron chi connectivity index (χ3n) is 2.83. The van der Waals surface area contributed by atoms with Gasteiger partial charge in [-0.2, -0.15) is 8.78 Å². The summed E-state index contributed by atoms with van der Waals surface area (Å²) in [5.41, 5.74) is 1.45. The van der Waals surface area contributed by atoms with Crippen LogP contribution in [0.5, 0.6) is 11.5 Å². The topological polar surface area (TPSA) is 30.5 Å². The van der Waals surface area contributed by atoms with Crippen molar-refractivity contribution in [3.05, 3.63) is 52.5 Å². The molecule has 1 N–H and O–H groups in total. The molecular formula is C15H14BrF2NO2. The van der Waals surface area contributed by atoms with Crippen molar-refractivity contribution in [1.82, 2.24) is 0 Å². The lowest BCUT2D eigenvalue weighted by atomic mass is 10.2. The summed E-state index contributed by atoms with van der Waals surface area (Å²) in [4.78, 5) is 0. The molecule has 0 aliphatic rings. The van der Waals surface area contributed by atoms with Crippen LogP contribution in [0, 0.1) is 0 Å². The summed E-state index contributed by atoms with van der Waals surface area (Å²) in [6, 6.07) is 12.3. The molecule has 2 rings (SSSR count). The number of ether oxygens (including phenoxy) is 2. The number of halogens is 3. The maximum absolute atomic E-state index is 12.4. The number of alkyl halides is 2. The van der Waals surface area contributed by atoms with Crippen molar-refractivity contribution in [3.63, 3.8) is 0 Å². The molecule has 112 valence electrons. The van der Waals surface area contributed by atoms with Crippen LogP contribution >= 0.6 is 15.9 Å². The van der Waals surface area contributed by atoms with E-state index < -0.39 is 6.61 Å². The third-order valence-corrected chi connectivity index (χ3v) is 3.60. The van der Waals surface area contributed by atoms with Crippen molar-refractivity contribution >= 4 is 21.6 Å². The van der Waals surface area contributed by atoms with Crippen LogP contribution in [-0.2, 0) is 6.54 Å². The van der Waals surface area contributed by atoms with Crippen LogP contribution in [0.4, 0.5) is 14.5 Å². The summed E-state index contributed by atoms with van der Waals surface area (Å²) in [7, 11) is 1.51. The summed E-state index contributed by atoms with van der Waals surface area (Å²) < 4.78 is 35.4. The van der Waals surface area contributed by atoms with Gasteiger partial charge < -0.3 is 14.8 Å². The Morgan fingerprint density at radius 3 is 2.62 bits per heavy atom. The fourth-order valence-corrected chi connectivity index (χ4v) is 2.23. The Morgan fingerprint density at radius 1 is 1.19 bits per heavy atom. The van der Waals surface area contributed by atoms with E-state index in [2.05, 4.69) is 26.0 Å². The zero-order valence-corrected chi connectivity index (χ0v) is 12.9. The second kappa shape index (κ2) is 7.26. The van der Waals surface area contributed by atoms with Crippen LogP contribution in [0.1, 0.15) is 5.56 Å². The molecule has 0 aliphatic heterocycles. The highest BCUT2D eigenvalue weighted by atomic mass is 79.9. The SMILES string of the molecule is COc1ccc(OC(F)F)c(NCc2ccccc2Br)c1. The van der Waals surface area contributed by atoms with Crippen molar-refractivity contribution in [2.75, 3.05) is 12.4 Å². The average molecular weight is 358 g/mol. The van der Waals surface area contributed by atoms with E-state index in [9.17, 15) is 8.78 Å². The zero-order chi connectivity index (χ0) is 15.2. The van der Waals surface area contributed by atoms with Crippen LogP contribution in [-0.4, -0.2) is 13.7 Å². The number of methoxy groups -OCH3 is 1. The van der Waals surface area contributed by atoms with Gasteiger partial charge in [0.25, 0.3) is 0 Å². The number of rotatable bonds is 6. The monoisotopic (exact) mass is 357 g/mol. The van der Waals surface area contributed by atoms with Crippen LogP contribution < -0.4 is 14.8 Å². The van der Waals surface area contributed by atoms with Crippen molar-refractivity contribution in [2.45, 2.75) is 13.2 Å². The minimum Gasteiger partial charge on any atom is -0.497 e. The Labute approximate surface area is 130 Å². The van der Waals surface area contributed by atoms with Crippen LogP contribution in [0.25, 0.3) is 0 Å². The molecule has 21 heavy (non-hydrogen) atoms. The summed E-state index contributed by atoms with van der Waals surface area (Å²) in [6.07, 6.45) is 0. The van der Waals surface area contributed by atoms with Gasteiger partial charge in [-0.3, -0.25) is 0 Å². The van der Waals surface area contributed by atoms with Gasteiger partial charge in [0.2, 0.25) is 0 Å². The van der Waals surface area contributed by atoms with E-state index in [1.807, 2.05) is 24.3 Å². The second-order valence-corrected chi connectivity index (χ2v) is 5.04. The minimum atomic E-state index is -2.87. The average Bonchev–Trinajstić information content (AvgIpc) is 2.47. The van der Waals surface area contributed by atoms with E-state index >= 15 is 0 Å². The number of anilines is 1. The molecule has 0 saturated carbocycles. The Hall–Kier alpha value is -1.82. The van der Waals surface area contributed by atoms with Crippen LogP contribution in [0.3, 0.4) is 0 Å². The molecule has 3 nitrogen and oxygen atoms in total. The van der Waals surface area contributed by atoms with E-state index in [1.165, 1.54) is 13.2 Å². The second-order valence-electron chi connectivity index (χ2n) is 4.19. The van der Waals surface area contributed by atoms with E-state index in [4.69, 9.17) is 4.74 Å². The van der Waals surface area contributed by atoms with Crippen molar-refractivity contribution in [3.8, 4) is 11.5 Å². The normalized spacial score (nSPS) is 10.5. The molecule has 0 aliphatic carbocycles. The molecule has 0 bridgehead atoms. The van der Waals surface area contributed by atoms with Gasteiger partial charge in [-0.1, -0.05) is 34.1 Å². The maximum Gasteiger partial charge on any atom is 0.387 e. The zero-order valence-electron chi connectivity index (χ0n) is 11.3. The molecule has 0 atom stereocenters. The fourth-order valence-electron chi connectivity index (χ4n) is 1.81. The molecule has 0 saturated heterocycles. The molecular weight excluding hydrogens is 344 g/mol. The quantitative estimate of drug-likeness (QED) is 0.814. The first-order valence-corrected chi connectivity index (χ1v) is 6.99. The van der Waals surface area contributed by atoms with E-state index in [-0.39, 0.29) is 5.75 Å². The fraction of sp³-hybridized carbons (Fsp3) is 0.200. The van der Waals surface area contributed by atoms with Gasteiger partial charge in [-0.05, 0) is 23.8 Å². The van der Waals surface area contributed by atoms with Gasteiger partial charge >= 0.3 is 6.61 Å². The van der Waals surface area contributed by atoms with Crippen molar-refractivity contribution in [2.24, 2.45) is 0 Å². The molecule has 2 aromatic rings. The first kappa shape index (κ1) is 15.6. The highest BCUT2D eigenvalue weighted by Gasteiger charge is 2.11. The molecule has 0 amide bonds. The Kier molecular flexibility index (Phi) is 5.38. The van der Waals surface area contributed by atoms with E-state index in [0.29, 0.717) is 18.0 Å². The molecule has 6 heteroatoms. The number of benzene rings is 2. The first-order chi connectivity index (χ1) is 10.1. The highest BCUT2D eigenvalue weighted by Crippen LogP contribution is 2.31. The lowest BCUT2D eigenvalue weighted by Gasteiger charge is -2.14. The predicted molar refractivity (Wildman–Crippen MR) is 81.1 cm³/mol. The summed E-state index contributed by atoms with van der Waals surface area (Å²) in [5, 5.41) is 3.08. The van der Waals surface area contributed by atoms with E-state index in [0.717, 1.165) is 10.0 Å². The molecule has 0 unspecified atom stereocenters. The Bertz CT molecular complexity index is 608. The van der Waals surface area contributed by atoms with Gasteiger partial charge in [-0.15, -0.1) is 0 Å². The van der Waals surface area contributed by atoms with Crippen LogP contribution in [0.15, 0.2) is 46.9 Å². The predicted octanol–water partition coefficient (Wildman–Crippen LogP) is 4.67. The Balaban J connectivity index is 2.18. The molecule has 0 heterocycles. The highest BCUT2D eigenvalue weighted by molar-refractivity contribution is 9.10. The molecule has 0 radical (unpaired) electrons. The summed E-state index contributed by atoms with van der Waals surface area (Å²) in [5.74, 6) is 0.643. The van der Waals surface area contributed by atoms with Gasteiger partial charge in [-0.25, -0.2) is 0 Å². The number of nitrogens with one attached hydrogen (secondary N) is 1. The van der Waals surface area contributed by atoms with Gasteiger partial charge in [0.15, 0.2) is 0 Å². The number of hydrogen-bond donors (Lipinski definition) is 1. The summed E-state index contributed by atoms with van der Waals surface area (Å²) >= 11 is 3.44. The van der Waals surface area contributed by atoms with Crippen molar-refractivity contribution in [1.29, 1.82) is 0 Å². The largest absolute Gasteiger partial charge is 0.497 e. The van der Waals surface area contributed by atoms with Crippen molar-refractivity contribution < 1.29 is 18.3 Å². The Morgan fingerprint density at radius 2 is 1.95 bits per heavy atom. The maximum atomic E-state index is 12.4. The first-order valence-electron chi connectivity index (χ1n) is 6.20. The molecule has 0 spiro atoms. The van der Waals surface area contributed by atoms with E-state index in [1.54, 1.807) is 12.1 Å². The molecule has 0 aromatic heterocycles. The standard InChI is InChI=1S/C15H14BrF2NO2/c1-20-11-6-7-14(21-15(17)18)13(8-11)19-9-10-4-2-3-5-12(10)16/h2-8,15,19H,9H2,1H3. The lowest BCUT2D eigenvalue weighted by molar-refractivity contribution is -0.0494.